The maximum atomic E-state index is 12.2. The van der Waals surface area contributed by atoms with Crippen LogP contribution < -0.4 is 0 Å². The summed E-state index contributed by atoms with van der Waals surface area (Å²) in [6.07, 6.45) is 0.914. The lowest BCUT2D eigenvalue weighted by molar-refractivity contribution is -0.116. The lowest BCUT2D eigenvalue weighted by Crippen LogP contribution is -2.08. The van der Waals surface area contributed by atoms with Gasteiger partial charge in [0, 0.05) is 20.1 Å². The Bertz CT molecular complexity index is 775. The second-order valence-electron chi connectivity index (χ2n) is 5.77. The molecule has 5 heteroatoms. The molecular weight excluding hydrogens is 324 g/mol. The smallest absolute Gasteiger partial charge is 0.178 e. The van der Waals surface area contributed by atoms with Crippen molar-refractivity contribution < 1.29 is 17.9 Å². The number of carbonyl (C=O) groups is 1. The van der Waals surface area contributed by atoms with Crippen molar-refractivity contribution in [2.45, 2.75) is 24.7 Å². The molecule has 4 nitrogen and oxygen atoms in total. The Kier molecular flexibility index (Phi) is 6.29. The number of hydrogen-bond acceptors (Lipinski definition) is 4. The molecule has 0 aromatic heterocycles. The van der Waals surface area contributed by atoms with E-state index in [0.29, 0.717) is 24.3 Å². The average Bonchev–Trinajstić information content (AvgIpc) is 2.55. The zero-order chi connectivity index (χ0) is 17.6. The molecular formula is C19H22O4S. The van der Waals surface area contributed by atoms with Gasteiger partial charge < -0.3 is 4.74 Å². The highest BCUT2D eigenvalue weighted by Crippen LogP contribution is 2.22. The maximum absolute atomic E-state index is 12.2. The van der Waals surface area contributed by atoms with Gasteiger partial charge >= 0.3 is 0 Å². The predicted molar refractivity (Wildman–Crippen MR) is 94.8 cm³/mol. The van der Waals surface area contributed by atoms with Crippen LogP contribution in [-0.2, 0) is 25.8 Å². The van der Waals surface area contributed by atoms with Crippen LogP contribution in [-0.4, -0.2) is 33.7 Å². The molecule has 2 rings (SSSR count). The molecule has 0 aliphatic rings. The Morgan fingerprint density at radius 2 is 1.50 bits per heavy atom. The van der Waals surface area contributed by atoms with Gasteiger partial charge in [0.1, 0.15) is 5.78 Å². The van der Waals surface area contributed by atoms with E-state index in [4.69, 9.17) is 4.74 Å². The number of rotatable bonds is 8. The zero-order valence-electron chi connectivity index (χ0n) is 14.0. The summed E-state index contributed by atoms with van der Waals surface area (Å²) in [5.41, 5.74) is 2.91. The van der Waals surface area contributed by atoms with Crippen molar-refractivity contribution >= 4 is 15.6 Å². The predicted octanol–water partition coefficient (Wildman–Crippen LogP) is 3.30. The summed E-state index contributed by atoms with van der Waals surface area (Å²) in [6.45, 7) is 2.00. The van der Waals surface area contributed by atoms with E-state index >= 15 is 0 Å². The van der Waals surface area contributed by atoms with Gasteiger partial charge in [0.15, 0.2) is 9.84 Å². The lowest BCUT2D eigenvalue weighted by Gasteiger charge is -2.07. The summed E-state index contributed by atoms with van der Waals surface area (Å²) in [6, 6.07) is 14.6. The number of Topliss-reactive ketones (excluding diaryl/α,β-unsaturated/α-hetero) is 1. The molecule has 128 valence electrons. The van der Waals surface area contributed by atoms with Gasteiger partial charge in [0.25, 0.3) is 0 Å². The lowest BCUT2D eigenvalue weighted by atomic mass is 10.0. The summed E-state index contributed by atoms with van der Waals surface area (Å²) in [4.78, 5) is 11.5. The van der Waals surface area contributed by atoms with Crippen LogP contribution in [0.1, 0.15) is 18.9 Å². The van der Waals surface area contributed by atoms with Crippen LogP contribution in [0.2, 0.25) is 0 Å². The van der Waals surface area contributed by atoms with Gasteiger partial charge in [-0.2, -0.15) is 0 Å². The highest BCUT2D eigenvalue weighted by molar-refractivity contribution is 7.91. The summed E-state index contributed by atoms with van der Waals surface area (Å²) < 4.78 is 29.3. The number of methoxy groups -OCH3 is 1. The van der Waals surface area contributed by atoms with E-state index in [1.54, 1.807) is 26.2 Å². The molecule has 0 atom stereocenters. The molecule has 0 saturated heterocycles. The van der Waals surface area contributed by atoms with Gasteiger partial charge in [-0.15, -0.1) is 0 Å². The van der Waals surface area contributed by atoms with Crippen molar-refractivity contribution in [3.8, 4) is 11.1 Å². The summed E-state index contributed by atoms with van der Waals surface area (Å²) >= 11 is 0. The highest BCUT2D eigenvalue weighted by atomic mass is 32.2. The van der Waals surface area contributed by atoms with E-state index < -0.39 is 9.84 Å². The van der Waals surface area contributed by atoms with Crippen LogP contribution in [0.3, 0.4) is 0 Å². The Hall–Kier alpha value is -1.98. The van der Waals surface area contributed by atoms with E-state index in [1.165, 1.54) is 0 Å². The van der Waals surface area contributed by atoms with Gasteiger partial charge in [0.05, 0.1) is 10.6 Å². The quantitative estimate of drug-likeness (QED) is 0.688. The van der Waals surface area contributed by atoms with E-state index in [9.17, 15) is 13.2 Å². The Morgan fingerprint density at radius 3 is 2.00 bits per heavy atom. The molecule has 0 aliphatic carbocycles. The molecule has 0 saturated carbocycles. The second kappa shape index (κ2) is 8.22. The van der Waals surface area contributed by atoms with Gasteiger partial charge in [-0.05, 0) is 42.2 Å². The molecule has 0 radical (unpaired) electrons. The molecule has 0 bridgehead atoms. The fourth-order valence-electron chi connectivity index (χ4n) is 2.47. The Morgan fingerprint density at radius 1 is 0.958 bits per heavy atom. The summed E-state index contributed by atoms with van der Waals surface area (Å²) in [5, 5.41) is 0. The minimum Gasteiger partial charge on any atom is -0.385 e. The van der Waals surface area contributed by atoms with Crippen LogP contribution in [0, 0.1) is 0 Å². The van der Waals surface area contributed by atoms with Crippen LogP contribution in [0.25, 0.3) is 11.1 Å². The number of carbonyl (C=O) groups excluding carboxylic acids is 1. The number of ether oxygens (including phenoxy) is 1. The van der Waals surface area contributed by atoms with Gasteiger partial charge in [-0.1, -0.05) is 36.4 Å². The fraction of sp³-hybridized carbons (Fsp3) is 0.316. The monoisotopic (exact) mass is 346 g/mol. The largest absolute Gasteiger partial charge is 0.385 e. The number of ketones is 1. The third-order valence-corrected chi connectivity index (χ3v) is 5.53. The first-order valence-electron chi connectivity index (χ1n) is 7.83. The SMILES string of the molecule is COCCCS(=O)(=O)c1ccc(-c2ccc(CC(C)=O)cc2)cc1. The van der Waals surface area contributed by atoms with E-state index in [0.717, 1.165) is 16.7 Å². The van der Waals surface area contributed by atoms with Crippen molar-refractivity contribution in [3.05, 3.63) is 54.1 Å². The molecule has 0 aliphatic heterocycles. The summed E-state index contributed by atoms with van der Waals surface area (Å²) in [7, 11) is -1.71. The van der Waals surface area contributed by atoms with Gasteiger partial charge in [-0.25, -0.2) is 8.42 Å². The highest BCUT2D eigenvalue weighted by Gasteiger charge is 2.14. The van der Waals surface area contributed by atoms with E-state index in [-0.39, 0.29) is 11.5 Å². The number of hydrogen-bond donors (Lipinski definition) is 0. The first-order valence-corrected chi connectivity index (χ1v) is 9.48. The maximum Gasteiger partial charge on any atom is 0.178 e. The Labute approximate surface area is 143 Å². The van der Waals surface area contributed by atoms with Crippen molar-refractivity contribution in [1.82, 2.24) is 0 Å². The van der Waals surface area contributed by atoms with Crippen LogP contribution >= 0.6 is 0 Å². The molecule has 0 fully saturated rings. The van der Waals surface area contributed by atoms with Crippen LogP contribution in [0.15, 0.2) is 53.4 Å². The minimum absolute atomic E-state index is 0.0833. The Balaban J connectivity index is 2.12. The third kappa shape index (κ3) is 5.01. The molecule has 0 amide bonds. The molecule has 0 unspecified atom stereocenters. The van der Waals surface area contributed by atoms with Crippen LogP contribution in [0.5, 0.6) is 0 Å². The standard InChI is InChI=1S/C19H22O4S/c1-15(20)14-16-4-6-17(7-5-16)18-8-10-19(11-9-18)24(21,22)13-3-12-23-2/h4-11H,3,12-14H2,1-2H3. The van der Waals surface area contributed by atoms with E-state index in [1.807, 2.05) is 36.4 Å². The topological polar surface area (TPSA) is 60.4 Å². The van der Waals surface area contributed by atoms with Gasteiger partial charge in [-0.3, -0.25) is 4.79 Å². The molecule has 2 aromatic rings. The van der Waals surface area contributed by atoms with Crippen LogP contribution in [0.4, 0.5) is 0 Å². The normalized spacial score (nSPS) is 11.4. The average molecular weight is 346 g/mol. The molecule has 24 heavy (non-hydrogen) atoms. The number of sulfone groups is 1. The molecule has 2 aromatic carbocycles. The summed E-state index contributed by atoms with van der Waals surface area (Å²) in [5.74, 6) is 0.214. The first-order chi connectivity index (χ1) is 11.4. The third-order valence-electron chi connectivity index (χ3n) is 3.72. The van der Waals surface area contributed by atoms with Crippen molar-refractivity contribution in [3.63, 3.8) is 0 Å². The number of benzene rings is 2. The molecule has 0 spiro atoms. The van der Waals surface area contributed by atoms with E-state index in [2.05, 4.69) is 0 Å². The molecule has 0 N–H and O–H groups in total. The minimum atomic E-state index is -3.27. The molecule has 0 heterocycles. The van der Waals surface area contributed by atoms with Crippen molar-refractivity contribution in [1.29, 1.82) is 0 Å². The fourth-order valence-corrected chi connectivity index (χ4v) is 3.75. The zero-order valence-corrected chi connectivity index (χ0v) is 14.8. The second-order valence-corrected chi connectivity index (χ2v) is 7.87. The van der Waals surface area contributed by atoms with Crippen molar-refractivity contribution in [2.75, 3.05) is 19.5 Å². The van der Waals surface area contributed by atoms with Crippen molar-refractivity contribution in [2.24, 2.45) is 0 Å². The van der Waals surface area contributed by atoms with Gasteiger partial charge in [0.2, 0.25) is 0 Å². The first kappa shape index (κ1) is 18.4.